The topological polar surface area (TPSA) is 50.9 Å². The normalized spacial score (nSPS) is 27.2. The number of aliphatic hydroxyl groups excluding tert-OH is 1. The molecule has 18 heavy (non-hydrogen) atoms. The first-order valence-corrected chi connectivity index (χ1v) is 6.92. The van der Waals surface area contributed by atoms with Crippen molar-refractivity contribution in [2.24, 2.45) is 24.3 Å². The third-order valence-corrected chi connectivity index (χ3v) is 4.50. The zero-order valence-corrected chi connectivity index (χ0v) is 11.9. The fourth-order valence-corrected chi connectivity index (χ4v) is 3.11. The Morgan fingerprint density at radius 3 is 2.33 bits per heavy atom. The largest absolute Gasteiger partial charge is 0.386 e. The quantitative estimate of drug-likeness (QED) is 0.879. The van der Waals surface area contributed by atoms with E-state index in [-0.39, 0.29) is 0 Å². The van der Waals surface area contributed by atoms with Crippen molar-refractivity contribution in [1.82, 2.24) is 15.0 Å². The minimum Gasteiger partial charge on any atom is -0.386 e. The number of nitrogens with zero attached hydrogens (tertiary/aromatic N) is 3. The highest BCUT2D eigenvalue weighted by molar-refractivity contribution is 5.01. The van der Waals surface area contributed by atoms with E-state index in [9.17, 15) is 5.11 Å². The molecule has 2 rings (SSSR count). The van der Waals surface area contributed by atoms with Crippen molar-refractivity contribution in [3.8, 4) is 0 Å². The van der Waals surface area contributed by atoms with Gasteiger partial charge in [-0.05, 0) is 42.9 Å². The van der Waals surface area contributed by atoms with Crippen molar-refractivity contribution in [2.75, 3.05) is 0 Å². The van der Waals surface area contributed by atoms with Crippen LogP contribution in [-0.2, 0) is 7.05 Å². The van der Waals surface area contributed by atoms with Crippen molar-refractivity contribution in [1.29, 1.82) is 0 Å². The first-order chi connectivity index (χ1) is 8.39. The Kier molecular flexibility index (Phi) is 3.76. The van der Waals surface area contributed by atoms with Gasteiger partial charge < -0.3 is 5.11 Å². The van der Waals surface area contributed by atoms with Gasteiger partial charge in [-0.2, -0.15) is 0 Å². The van der Waals surface area contributed by atoms with Crippen LogP contribution in [0, 0.1) is 17.3 Å². The van der Waals surface area contributed by atoms with Crippen molar-refractivity contribution < 1.29 is 5.11 Å². The molecular weight excluding hydrogens is 226 g/mol. The Bertz CT molecular complexity index is 386. The third-order valence-electron chi connectivity index (χ3n) is 4.50. The van der Waals surface area contributed by atoms with E-state index in [0.717, 1.165) is 24.5 Å². The van der Waals surface area contributed by atoms with Gasteiger partial charge in [0, 0.05) is 7.05 Å². The van der Waals surface area contributed by atoms with Gasteiger partial charge in [-0.1, -0.05) is 26.0 Å². The minimum absolute atomic E-state index is 0.362. The zero-order valence-electron chi connectivity index (χ0n) is 11.9. The number of aryl methyl sites for hydroxylation is 1. The minimum atomic E-state index is -0.411. The summed E-state index contributed by atoms with van der Waals surface area (Å²) in [6.07, 6.45) is 5.92. The molecule has 0 aliphatic heterocycles. The van der Waals surface area contributed by atoms with Crippen molar-refractivity contribution in [2.45, 2.75) is 52.6 Å². The molecule has 0 saturated heterocycles. The predicted molar refractivity (Wildman–Crippen MR) is 70.9 cm³/mol. The van der Waals surface area contributed by atoms with E-state index in [1.54, 1.807) is 10.9 Å². The lowest BCUT2D eigenvalue weighted by Gasteiger charge is -2.38. The molecule has 4 heteroatoms. The molecule has 4 nitrogen and oxygen atoms in total. The van der Waals surface area contributed by atoms with Crippen molar-refractivity contribution in [3.05, 3.63) is 11.9 Å². The van der Waals surface area contributed by atoms with E-state index in [0.29, 0.717) is 11.3 Å². The van der Waals surface area contributed by atoms with Gasteiger partial charge in [0.15, 0.2) is 0 Å². The van der Waals surface area contributed by atoms with E-state index >= 15 is 0 Å². The average molecular weight is 251 g/mol. The maximum atomic E-state index is 10.4. The van der Waals surface area contributed by atoms with E-state index in [1.165, 1.54) is 12.8 Å². The summed E-state index contributed by atoms with van der Waals surface area (Å²) in [6, 6.07) is 0. The molecule has 1 aromatic rings. The van der Waals surface area contributed by atoms with Gasteiger partial charge in [0.05, 0.1) is 11.9 Å². The maximum Gasteiger partial charge on any atom is 0.100 e. The van der Waals surface area contributed by atoms with Crippen LogP contribution in [0.1, 0.15) is 58.3 Å². The molecule has 1 aliphatic carbocycles. The Hall–Kier alpha value is -0.900. The lowest BCUT2D eigenvalue weighted by Crippen LogP contribution is -2.28. The predicted octanol–water partition coefficient (Wildman–Crippen LogP) is 2.70. The Balaban J connectivity index is 1.96. The summed E-state index contributed by atoms with van der Waals surface area (Å²) in [6.45, 7) is 6.96. The van der Waals surface area contributed by atoms with Gasteiger partial charge in [-0.3, -0.25) is 0 Å². The Morgan fingerprint density at radius 2 is 1.89 bits per heavy atom. The first-order valence-electron chi connectivity index (χ1n) is 6.92. The van der Waals surface area contributed by atoms with Crippen LogP contribution >= 0.6 is 0 Å². The van der Waals surface area contributed by atoms with Crippen LogP contribution in [0.3, 0.4) is 0 Å². The molecule has 0 bridgehead atoms. The summed E-state index contributed by atoms with van der Waals surface area (Å²) in [7, 11) is 1.84. The number of aliphatic hydroxyl groups is 1. The van der Waals surface area contributed by atoms with Gasteiger partial charge in [0.2, 0.25) is 0 Å². The second-order valence-electron chi connectivity index (χ2n) is 6.71. The highest BCUT2D eigenvalue weighted by atomic mass is 16.3. The first kappa shape index (κ1) is 13.5. The van der Waals surface area contributed by atoms with Crippen LogP contribution in [0.2, 0.25) is 0 Å². The molecule has 1 N–H and O–H groups in total. The summed E-state index contributed by atoms with van der Waals surface area (Å²) in [5, 5.41) is 18.1. The Labute approximate surface area is 109 Å². The van der Waals surface area contributed by atoms with Crippen LogP contribution in [0.15, 0.2) is 6.20 Å². The van der Waals surface area contributed by atoms with E-state index < -0.39 is 6.10 Å². The number of aromatic nitrogens is 3. The molecule has 0 amide bonds. The van der Waals surface area contributed by atoms with Gasteiger partial charge in [-0.15, -0.1) is 5.10 Å². The Morgan fingerprint density at radius 1 is 1.28 bits per heavy atom. The molecule has 1 aromatic heterocycles. The molecular formula is C14H25N3O. The molecule has 1 fully saturated rings. The molecule has 1 unspecified atom stereocenters. The smallest absolute Gasteiger partial charge is 0.100 e. The fraction of sp³-hybridized carbons (Fsp3) is 0.857. The monoisotopic (exact) mass is 251 g/mol. The van der Waals surface area contributed by atoms with Crippen LogP contribution in [0.4, 0.5) is 0 Å². The molecule has 0 radical (unpaired) electrons. The average Bonchev–Trinajstić information content (AvgIpc) is 2.73. The summed E-state index contributed by atoms with van der Waals surface area (Å²) in [5.74, 6) is 1.14. The van der Waals surface area contributed by atoms with E-state index in [2.05, 4.69) is 31.1 Å². The van der Waals surface area contributed by atoms with Gasteiger partial charge in [0.1, 0.15) is 6.10 Å². The second-order valence-corrected chi connectivity index (χ2v) is 6.71. The number of rotatable bonds is 2. The van der Waals surface area contributed by atoms with Crippen LogP contribution in [0.5, 0.6) is 0 Å². The molecule has 0 spiro atoms. The molecule has 1 heterocycles. The van der Waals surface area contributed by atoms with E-state index in [1.807, 2.05) is 7.05 Å². The molecule has 0 aromatic carbocycles. The van der Waals surface area contributed by atoms with Gasteiger partial charge in [-0.25, -0.2) is 4.68 Å². The van der Waals surface area contributed by atoms with Crippen LogP contribution in [-0.4, -0.2) is 20.1 Å². The van der Waals surface area contributed by atoms with Crippen molar-refractivity contribution >= 4 is 0 Å². The molecule has 1 atom stereocenters. The summed E-state index contributed by atoms with van der Waals surface area (Å²) in [5.41, 5.74) is 1.23. The second kappa shape index (κ2) is 5.00. The van der Waals surface area contributed by atoms with Crippen LogP contribution in [0.25, 0.3) is 0 Å². The standard InChI is InChI=1S/C14H25N3O/c1-14(2,3)11-7-5-10(6-8-11)13(18)12-9-15-16-17(12)4/h9-11,13,18H,5-8H2,1-4H3. The fourth-order valence-electron chi connectivity index (χ4n) is 3.11. The zero-order chi connectivity index (χ0) is 13.3. The van der Waals surface area contributed by atoms with Gasteiger partial charge in [0.25, 0.3) is 0 Å². The molecule has 102 valence electrons. The van der Waals surface area contributed by atoms with E-state index in [4.69, 9.17) is 0 Å². The molecule has 1 aliphatic rings. The van der Waals surface area contributed by atoms with Gasteiger partial charge >= 0.3 is 0 Å². The third kappa shape index (κ3) is 2.74. The van der Waals surface area contributed by atoms with Crippen molar-refractivity contribution in [3.63, 3.8) is 0 Å². The lowest BCUT2D eigenvalue weighted by molar-refractivity contribution is 0.0479. The number of hydrogen-bond donors (Lipinski definition) is 1. The SMILES string of the molecule is Cn1nncc1C(O)C1CCC(C(C)(C)C)CC1. The highest BCUT2D eigenvalue weighted by Crippen LogP contribution is 2.43. The highest BCUT2D eigenvalue weighted by Gasteiger charge is 2.33. The summed E-state index contributed by atoms with van der Waals surface area (Å²) < 4.78 is 1.68. The lowest BCUT2D eigenvalue weighted by atomic mass is 9.68. The summed E-state index contributed by atoms with van der Waals surface area (Å²) >= 11 is 0. The summed E-state index contributed by atoms with van der Waals surface area (Å²) in [4.78, 5) is 0. The number of hydrogen-bond acceptors (Lipinski definition) is 3. The van der Waals surface area contributed by atoms with Crippen LogP contribution < -0.4 is 0 Å². The maximum absolute atomic E-state index is 10.4. The molecule has 1 saturated carbocycles.